The first-order valence-electron chi connectivity index (χ1n) is 8.25. The fourth-order valence-corrected chi connectivity index (χ4v) is 2.96. The van der Waals surface area contributed by atoms with E-state index in [4.69, 9.17) is 19.4 Å². The maximum absolute atomic E-state index is 5.48. The number of aromatic nitrogens is 2. The van der Waals surface area contributed by atoms with Crippen LogP contribution in [0.3, 0.4) is 0 Å². The SMILES string of the molecule is CCc1cc(N(C)C[C@@H]2CCOC2)nc(N2CCOCC2)n1. The van der Waals surface area contributed by atoms with Crippen LogP contribution in [0.5, 0.6) is 0 Å². The van der Waals surface area contributed by atoms with E-state index in [0.717, 1.165) is 76.4 Å². The summed E-state index contributed by atoms with van der Waals surface area (Å²) in [5.74, 6) is 2.46. The van der Waals surface area contributed by atoms with Gasteiger partial charge < -0.3 is 19.3 Å². The first kappa shape index (κ1) is 15.5. The van der Waals surface area contributed by atoms with Crippen LogP contribution in [0.25, 0.3) is 0 Å². The lowest BCUT2D eigenvalue weighted by molar-refractivity contribution is 0.122. The molecule has 3 heterocycles. The first-order chi connectivity index (χ1) is 10.8. The summed E-state index contributed by atoms with van der Waals surface area (Å²) < 4.78 is 10.9. The van der Waals surface area contributed by atoms with Gasteiger partial charge in [0.25, 0.3) is 0 Å². The highest BCUT2D eigenvalue weighted by molar-refractivity contribution is 5.46. The van der Waals surface area contributed by atoms with Crippen molar-refractivity contribution in [3.05, 3.63) is 11.8 Å². The maximum Gasteiger partial charge on any atom is 0.227 e. The lowest BCUT2D eigenvalue weighted by atomic mass is 10.1. The predicted octanol–water partition coefficient (Wildman–Crippen LogP) is 1.35. The molecule has 0 radical (unpaired) electrons. The van der Waals surface area contributed by atoms with Crippen LogP contribution in [-0.4, -0.2) is 63.1 Å². The molecule has 0 spiro atoms. The molecule has 0 amide bonds. The zero-order valence-corrected chi connectivity index (χ0v) is 13.6. The van der Waals surface area contributed by atoms with E-state index in [1.807, 2.05) is 0 Å². The maximum atomic E-state index is 5.48. The second-order valence-electron chi connectivity index (χ2n) is 6.08. The van der Waals surface area contributed by atoms with E-state index in [-0.39, 0.29) is 0 Å². The summed E-state index contributed by atoms with van der Waals surface area (Å²) in [5, 5.41) is 0. The number of rotatable bonds is 5. The van der Waals surface area contributed by atoms with Gasteiger partial charge >= 0.3 is 0 Å². The Labute approximate surface area is 132 Å². The van der Waals surface area contributed by atoms with Crippen LogP contribution in [0, 0.1) is 5.92 Å². The average molecular weight is 306 g/mol. The highest BCUT2D eigenvalue weighted by atomic mass is 16.5. The Morgan fingerprint density at radius 1 is 1.23 bits per heavy atom. The summed E-state index contributed by atoms with van der Waals surface area (Å²) in [6, 6.07) is 2.11. The molecule has 2 saturated heterocycles. The molecular weight excluding hydrogens is 280 g/mol. The summed E-state index contributed by atoms with van der Waals surface area (Å²) in [4.78, 5) is 14.0. The summed E-state index contributed by atoms with van der Waals surface area (Å²) in [6.07, 6.45) is 2.07. The molecule has 122 valence electrons. The van der Waals surface area contributed by atoms with E-state index in [1.165, 1.54) is 0 Å². The summed E-state index contributed by atoms with van der Waals surface area (Å²) in [6.45, 7) is 8.13. The van der Waals surface area contributed by atoms with Gasteiger partial charge in [0.1, 0.15) is 5.82 Å². The van der Waals surface area contributed by atoms with Gasteiger partial charge in [-0.15, -0.1) is 0 Å². The molecule has 3 rings (SSSR count). The predicted molar refractivity (Wildman–Crippen MR) is 86.6 cm³/mol. The molecule has 0 unspecified atom stereocenters. The quantitative estimate of drug-likeness (QED) is 0.818. The van der Waals surface area contributed by atoms with Crippen molar-refractivity contribution in [2.24, 2.45) is 5.92 Å². The van der Waals surface area contributed by atoms with Crippen LogP contribution >= 0.6 is 0 Å². The van der Waals surface area contributed by atoms with Crippen LogP contribution in [0.1, 0.15) is 19.0 Å². The standard InChI is InChI=1S/C16H26N4O2/c1-3-14-10-15(19(2)11-13-4-7-22-12-13)18-16(17-14)20-5-8-21-9-6-20/h10,13H,3-9,11-12H2,1-2H3/t13-/m0/s1. The van der Waals surface area contributed by atoms with Gasteiger partial charge in [-0.25, -0.2) is 4.98 Å². The van der Waals surface area contributed by atoms with Gasteiger partial charge in [-0.1, -0.05) is 6.92 Å². The Morgan fingerprint density at radius 3 is 2.73 bits per heavy atom. The molecular formula is C16H26N4O2. The molecule has 22 heavy (non-hydrogen) atoms. The lowest BCUT2D eigenvalue weighted by Crippen LogP contribution is -2.38. The van der Waals surface area contributed by atoms with Crippen molar-refractivity contribution >= 4 is 11.8 Å². The Bertz CT molecular complexity index is 485. The van der Waals surface area contributed by atoms with Crippen molar-refractivity contribution in [3.8, 4) is 0 Å². The minimum absolute atomic E-state index is 0.608. The van der Waals surface area contributed by atoms with Crippen LogP contribution in [0.4, 0.5) is 11.8 Å². The Kier molecular flexibility index (Phi) is 5.10. The number of morpholine rings is 1. The molecule has 2 fully saturated rings. The molecule has 1 aromatic heterocycles. The van der Waals surface area contributed by atoms with Crippen LogP contribution < -0.4 is 9.80 Å². The number of ether oxygens (including phenoxy) is 2. The highest BCUT2D eigenvalue weighted by Crippen LogP contribution is 2.21. The number of nitrogens with zero attached hydrogens (tertiary/aromatic N) is 4. The largest absolute Gasteiger partial charge is 0.381 e. The number of hydrogen-bond acceptors (Lipinski definition) is 6. The third-order valence-electron chi connectivity index (χ3n) is 4.36. The smallest absolute Gasteiger partial charge is 0.227 e. The molecule has 0 bridgehead atoms. The third-order valence-corrected chi connectivity index (χ3v) is 4.36. The minimum Gasteiger partial charge on any atom is -0.381 e. The minimum atomic E-state index is 0.608. The van der Waals surface area contributed by atoms with Crippen LogP contribution in [-0.2, 0) is 15.9 Å². The van der Waals surface area contributed by atoms with Crippen molar-refractivity contribution < 1.29 is 9.47 Å². The topological polar surface area (TPSA) is 50.7 Å². The molecule has 2 aliphatic heterocycles. The van der Waals surface area contributed by atoms with E-state index in [1.54, 1.807) is 0 Å². The fraction of sp³-hybridized carbons (Fsp3) is 0.750. The second-order valence-corrected chi connectivity index (χ2v) is 6.08. The van der Waals surface area contributed by atoms with Gasteiger partial charge in [0.2, 0.25) is 5.95 Å². The van der Waals surface area contributed by atoms with Gasteiger partial charge in [0, 0.05) is 51.0 Å². The molecule has 0 aliphatic carbocycles. The van der Waals surface area contributed by atoms with Crippen molar-refractivity contribution in [3.63, 3.8) is 0 Å². The molecule has 0 saturated carbocycles. The van der Waals surface area contributed by atoms with Crippen molar-refractivity contribution in [1.82, 2.24) is 9.97 Å². The van der Waals surface area contributed by atoms with Crippen LogP contribution in [0.15, 0.2) is 6.07 Å². The van der Waals surface area contributed by atoms with Gasteiger partial charge in [-0.3, -0.25) is 0 Å². The van der Waals surface area contributed by atoms with E-state index >= 15 is 0 Å². The number of anilines is 2. The monoisotopic (exact) mass is 306 g/mol. The molecule has 6 heteroatoms. The number of hydrogen-bond donors (Lipinski definition) is 0. The van der Waals surface area contributed by atoms with E-state index < -0.39 is 0 Å². The fourth-order valence-electron chi connectivity index (χ4n) is 2.96. The molecule has 1 aromatic rings. The van der Waals surface area contributed by atoms with Crippen molar-refractivity contribution in [1.29, 1.82) is 0 Å². The Morgan fingerprint density at radius 2 is 2.05 bits per heavy atom. The Balaban J connectivity index is 1.76. The molecule has 2 aliphatic rings. The zero-order chi connectivity index (χ0) is 15.4. The lowest BCUT2D eigenvalue weighted by Gasteiger charge is -2.29. The van der Waals surface area contributed by atoms with Gasteiger partial charge in [0.05, 0.1) is 19.8 Å². The summed E-state index contributed by atoms with van der Waals surface area (Å²) >= 11 is 0. The summed E-state index contributed by atoms with van der Waals surface area (Å²) in [7, 11) is 2.11. The van der Waals surface area contributed by atoms with Gasteiger partial charge in [-0.2, -0.15) is 4.98 Å². The van der Waals surface area contributed by atoms with Crippen molar-refractivity contribution in [2.45, 2.75) is 19.8 Å². The van der Waals surface area contributed by atoms with Crippen molar-refractivity contribution in [2.75, 3.05) is 62.9 Å². The van der Waals surface area contributed by atoms with Crippen LogP contribution in [0.2, 0.25) is 0 Å². The second kappa shape index (κ2) is 7.24. The number of aryl methyl sites for hydroxylation is 1. The zero-order valence-electron chi connectivity index (χ0n) is 13.6. The molecule has 0 aromatic carbocycles. The van der Waals surface area contributed by atoms with E-state index in [0.29, 0.717) is 5.92 Å². The molecule has 1 atom stereocenters. The molecule has 6 nitrogen and oxygen atoms in total. The normalized spacial score (nSPS) is 22.1. The summed E-state index contributed by atoms with van der Waals surface area (Å²) in [5.41, 5.74) is 1.10. The average Bonchev–Trinajstić information content (AvgIpc) is 3.08. The van der Waals surface area contributed by atoms with Gasteiger partial charge in [0.15, 0.2) is 0 Å². The van der Waals surface area contributed by atoms with Gasteiger partial charge in [-0.05, 0) is 12.8 Å². The first-order valence-corrected chi connectivity index (χ1v) is 8.25. The third kappa shape index (κ3) is 3.67. The van der Waals surface area contributed by atoms with E-state index in [9.17, 15) is 0 Å². The van der Waals surface area contributed by atoms with E-state index in [2.05, 4.69) is 29.8 Å². The highest BCUT2D eigenvalue weighted by Gasteiger charge is 2.20. The Hall–Kier alpha value is -1.40. The molecule has 0 N–H and O–H groups in total.